The van der Waals surface area contributed by atoms with Crippen molar-refractivity contribution < 1.29 is 12.8 Å². The standard InChI is InChI=1S/C23H19NO3S/c1-16-12-13-17(2)20(14-16)24-23-22(15-18-8-6-7-11-21(18)27-23)28(25,26)19-9-4-3-5-10-19/h3-15H,1-2H3. The molecule has 0 saturated heterocycles. The van der Waals surface area contributed by atoms with Gasteiger partial charge in [0.1, 0.15) is 10.5 Å². The van der Waals surface area contributed by atoms with Gasteiger partial charge in [-0.3, -0.25) is 0 Å². The molecule has 0 radical (unpaired) electrons. The summed E-state index contributed by atoms with van der Waals surface area (Å²) in [5, 5.41) is 0.705. The van der Waals surface area contributed by atoms with Crippen LogP contribution in [0, 0.1) is 13.8 Å². The Labute approximate surface area is 163 Å². The SMILES string of the molecule is Cc1ccc(C)c(N=c2oc3ccccc3cc2S(=O)(=O)c2ccccc2)c1. The molecule has 0 aliphatic rings. The molecule has 4 aromatic rings. The lowest BCUT2D eigenvalue weighted by atomic mass is 10.1. The maximum absolute atomic E-state index is 13.3. The van der Waals surface area contributed by atoms with E-state index >= 15 is 0 Å². The number of fused-ring (bicyclic) bond motifs is 1. The van der Waals surface area contributed by atoms with Crippen LogP contribution in [0.5, 0.6) is 0 Å². The van der Waals surface area contributed by atoms with E-state index in [1.54, 1.807) is 42.5 Å². The van der Waals surface area contributed by atoms with E-state index in [4.69, 9.17) is 4.42 Å². The predicted molar refractivity (Wildman–Crippen MR) is 109 cm³/mol. The van der Waals surface area contributed by atoms with Crippen molar-refractivity contribution in [1.29, 1.82) is 0 Å². The Morgan fingerprint density at radius 2 is 1.54 bits per heavy atom. The maximum atomic E-state index is 13.3. The fourth-order valence-corrected chi connectivity index (χ4v) is 4.37. The van der Waals surface area contributed by atoms with E-state index < -0.39 is 9.84 Å². The third-order valence-electron chi connectivity index (χ3n) is 4.55. The average molecular weight is 389 g/mol. The van der Waals surface area contributed by atoms with Gasteiger partial charge >= 0.3 is 0 Å². The van der Waals surface area contributed by atoms with Crippen LogP contribution < -0.4 is 5.55 Å². The lowest BCUT2D eigenvalue weighted by molar-refractivity contribution is 0.517. The molecule has 28 heavy (non-hydrogen) atoms. The van der Waals surface area contributed by atoms with E-state index in [-0.39, 0.29) is 15.3 Å². The Balaban J connectivity index is 2.07. The number of hydrogen-bond donors (Lipinski definition) is 0. The van der Waals surface area contributed by atoms with Crippen LogP contribution in [0.2, 0.25) is 0 Å². The molecule has 0 aliphatic heterocycles. The molecular weight excluding hydrogens is 370 g/mol. The second-order valence-corrected chi connectivity index (χ2v) is 8.59. The second kappa shape index (κ2) is 7.09. The Hall–Kier alpha value is -3.18. The molecule has 0 atom stereocenters. The quantitative estimate of drug-likeness (QED) is 0.489. The fourth-order valence-electron chi connectivity index (χ4n) is 3.00. The molecule has 0 N–H and O–H groups in total. The van der Waals surface area contributed by atoms with Gasteiger partial charge in [0, 0.05) is 5.39 Å². The van der Waals surface area contributed by atoms with Gasteiger partial charge in [-0.1, -0.05) is 48.5 Å². The smallest absolute Gasteiger partial charge is 0.239 e. The first-order valence-electron chi connectivity index (χ1n) is 8.90. The molecule has 1 heterocycles. The van der Waals surface area contributed by atoms with Crippen LogP contribution in [0.25, 0.3) is 11.0 Å². The van der Waals surface area contributed by atoms with E-state index in [0.29, 0.717) is 16.7 Å². The molecule has 0 spiro atoms. The van der Waals surface area contributed by atoms with Crippen molar-refractivity contribution in [3.63, 3.8) is 0 Å². The van der Waals surface area contributed by atoms with Crippen molar-refractivity contribution in [3.8, 4) is 0 Å². The van der Waals surface area contributed by atoms with Crippen molar-refractivity contribution >= 4 is 26.5 Å². The van der Waals surface area contributed by atoms with Gasteiger partial charge < -0.3 is 4.42 Å². The third kappa shape index (κ3) is 3.37. The van der Waals surface area contributed by atoms with Crippen molar-refractivity contribution in [1.82, 2.24) is 0 Å². The van der Waals surface area contributed by atoms with Crippen LogP contribution in [0.15, 0.2) is 98.1 Å². The molecule has 0 fully saturated rings. The summed E-state index contributed by atoms with van der Waals surface area (Å²) in [4.78, 5) is 4.86. The van der Waals surface area contributed by atoms with Crippen LogP contribution in [-0.2, 0) is 9.84 Å². The van der Waals surface area contributed by atoms with Crippen molar-refractivity contribution in [2.45, 2.75) is 23.6 Å². The van der Waals surface area contributed by atoms with E-state index in [9.17, 15) is 8.42 Å². The number of hydrogen-bond acceptors (Lipinski definition) is 4. The molecular formula is C23H19NO3S. The maximum Gasteiger partial charge on any atom is 0.239 e. The highest BCUT2D eigenvalue weighted by molar-refractivity contribution is 7.91. The van der Waals surface area contributed by atoms with Gasteiger partial charge in [-0.2, -0.15) is 0 Å². The van der Waals surface area contributed by atoms with Gasteiger partial charge in [0.15, 0.2) is 0 Å². The summed E-state index contributed by atoms with van der Waals surface area (Å²) < 4.78 is 32.6. The van der Waals surface area contributed by atoms with Gasteiger partial charge in [0.2, 0.25) is 15.4 Å². The molecule has 4 nitrogen and oxygen atoms in total. The Kier molecular flexibility index (Phi) is 4.61. The van der Waals surface area contributed by atoms with Crippen LogP contribution in [0.4, 0.5) is 5.69 Å². The van der Waals surface area contributed by atoms with Crippen molar-refractivity contribution in [3.05, 3.63) is 95.5 Å². The number of benzene rings is 3. The summed E-state index contributed by atoms with van der Waals surface area (Å²) in [5.41, 5.74) is 3.33. The molecule has 0 unspecified atom stereocenters. The molecule has 3 aromatic carbocycles. The zero-order valence-electron chi connectivity index (χ0n) is 15.6. The highest BCUT2D eigenvalue weighted by Crippen LogP contribution is 2.24. The molecule has 0 amide bonds. The predicted octanol–water partition coefficient (Wildman–Crippen LogP) is 5.11. The summed E-state index contributed by atoms with van der Waals surface area (Å²) in [7, 11) is -3.79. The summed E-state index contributed by atoms with van der Waals surface area (Å²) >= 11 is 0. The van der Waals surface area contributed by atoms with E-state index in [2.05, 4.69) is 4.99 Å². The topological polar surface area (TPSA) is 59.6 Å². The normalized spacial score (nSPS) is 12.4. The molecule has 0 saturated carbocycles. The molecule has 5 heteroatoms. The van der Waals surface area contributed by atoms with Crippen LogP contribution in [-0.4, -0.2) is 8.42 Å². The van der Waals surface area contributed by atoms with Gasteiger partial charge in [0.05, 0.1) is 10.6 Å². The molecule has 0 aliphatic carbocycles. The first-order valence-corrected chi connectivity index (χ1v) is 10.4. The van der Waals surface area contributed by atoms with Crippen LogP contribution >= 0.6 is 0 Å². The average Bonchev–Trinajstić information content (AvgIpc) is 2.71. The van der Waals surface area contributed by atoms with E-state index in [1.807, 2.05) is 50.2 Å². The van der Waals surface area contributed by atoms with Crippen LogP contribution in [0.3, 0.4) is 0 Å². The minimum Gasteiger partial charge on any atom is -0.437 e. The number of nitrogens with zero attached hydrogens (tertiary/aromatic N) is 1. The highest BCUT2D eigenvalue weighted by atomic mass is 32.2. The minimum atomic E-state index is -3.79. The number of sulfone groups is 1. The van der Waals surface area contributed by atoms with E-state index in [0.717, 1.165) is 11.1 Å². The first kappa shape index (κ1) is 18.2. The largest absolute Gasteiger partial charge is 0.437 e. The molecule has 140 valence electrons. The zero-order valence-corrected chi connectivity index (χ0v) is 16.4. The third-order valence-corrected chi connectivity index (χ3v) is 6.32. The summed E-state index contributed by atoms with van der Waals surface area (Å²) in [6, 6.07) is 23.2. The summed E-state index contributed by atoms with van der Waals surface area (Å²) in [6.07, 6.45) is 0. The Bertz CT molecular complexity index is 1340. The van der Waals surface area contributed by atoms with Crippen molar-refractivity contribution in [2.24, 2.45) is 4.99 Å². The fraction of sp³-hybridized carbons (Fsp3) is 0.0870. The lowest BCUT2D eigenvalue weighted by Gasteiger charge is -2.08. The first-order chi connectivity index (χ1) is 13.4. The minimum absolute atomic E-state index is 0.0540. The van der Waals surface area contributed by atoms with E-state index in [1.165, 1.54) is 0 Å². The second-order valence-electron chi connectivity index (χ2n) is 6.67. The Morgan fingerprint density at radius 3 is 2.32 bits per heavy atom. The van der Waals surface area contributed by atoms with Gasteiger partial charge in [0.25, 0.3) is 0 Å². The number of aryl methyl sites for hydroxylation is 2. The molecule has 4 rings (SSSR count). The summed E-state index contributed by atoms with van der Waals surface area (Å²) in [6.45, 7) is 3.91. The lowest BCUT2D eigenvalue weighted by Crippen LogP contribution is -2.15. The number of para-hydroxylation sites is 1. The van der Waals surface area contributed by atoms with Gasteiger partial charge in [-0.25, -0.2) is 13.4 Å². The van der Waals surface area contributed by atoms with Crippen molar-refractivity contribution in [2.75, 3.05) is 0 Å². The highest BCUT2D eigenvalue weighted by Gasteiger charge is 2.22. The number of rotatable bonds is 3. The summed E-state index contributed by atoms with van der Waals surface area (Å²) in [5.74, 6) is 0. The Morgan fingerprint density at radius 1 is 0.821 bits per heavy atom. The van der Waals surface area contributed by atoms with Gasteiger partial charge in [-0.05, 0) is 55.3 Å². The zero-order chi connectivity index (χ0) is 19.7. The monoisotopic (exact) mass is 389 g/mol. The molecule has 1 aromatic heterocycles. The molecule has 0 bridgehead atoms. The van der Waals surface area contributed by atoms with Gasteiger partial charge in [-0.15, -0.1) is 0 Å². The van der Waals surface area contributed by atoms with Crippen LogP contribution in [0.1, 0.15) is 11.1 Å².